The van der Waals surface area contributed by atoms with Crippen molar-refractivity contribution in [2.75, 3.05) is 44.2 Å². The van der Waals surface area contributed by atoms with Crippen LogP contribution in [0.25, 0.3) is 0 Å². The van der Waals surface area contributed by atoms with Gasteiger partial charge in [0.2, 0.25) is 0 Å². The molecule has 5 nitrogen and oxygen atoms in total. The van der Waals surface area contributed by atoms with Crippen molar-refractivity contribution in [1.29, 1.82) is 0 Å². The molecule has 1 atom stereocenters. The predicted molar refractivity (Wildman–Crippen MR) is 85.9 cm³/mol. The minimum absolute atomic E-state index is 0.275. The van der Waals surface area contributed by atoms with E-state index in [-0.39, 0.29) is 6.04 Å². The average molecular weight is 306 g/mol. The van der Waals surface area contributed by atoms with E-state index in [4.69, 9.17) is 4.42 Å². The van der Waals surface area contributed by atoms with Crippen LogP contribution in [0, 0.1) is 0 Å². The van der Waals surface area contributed by atoms with Gasteiger partial charge in [0.05, 0.1) is 12.3 Å². The smallest absolute Gasteiger partial charge is 0.185 e. The minimum Gasteiger partial charge on any atom is -0.468 e. The highest BCUT2D eigenvalue weighted by molar-refractivity contribution is 7.13. The molecule has 3 rings (SSSR count). The molecule has 0 radical (unpaired) electrons. The van der Waals surface area contributed by atoms with Crippen LogP contribution in [-0.2, 0) is 0 Å². The fourth-order valence-corrected chi connectivity index (χ4v) is 3.31. The predicted octanol–water partition coefficient (Wildman–Crippen LogP) is 2.21. The van der Waals surface area contributed by atoms with Crippen LogP contribution in [-0.4, -0.2) is 49.2 Å². The van der Waals surface area contributed by atoms with Crippen molar-refractivity contribution in [2.24, 2.45) is 0 Å². The van der Waals surface area contributed by atoms with Gasteiger partial charge in [-0.25, -0.2) is 4.98 Å². The van der Waals surface area contributed by atoms with Crippen LogP contribution < -0.4 is 10.2 Å². The van der Waals surface area contributed by atoms with Crippen molar-refractivity contribution >= 4 is 16.5 Å². The van der Waals surface area contributed by atoms with E-state index in [1.807, 2.05) is 23.7 Å². The summed E-state index contributed by atoms with van der Waals surface area (Å²) in [5.74, 6) is 1.00. The Morgan fingerprint density at radius 2 is 2.24 bits per heavy atom. The fourth-order valence-electron chi connectivity index (χ4n) is 2.61. The lowest BCUT2D eigenvalue weighted by Gasteiger charge is -2.34. The molecule has 1 N–H and O–H groups in total. The molecule has 114 valence electrons. The number of hydrogen-bond acceptors (Lipinski definition) is 6. The molecular weight excluding hydrogens is 284 g/mol. The topological polar surface area (TPSA) is 44.5 Å². The Morgan fingerprint density at radius 1 is 1.38 bits per heavy atom. The van der Waals surface area contributed by atoms with E-state index in [0.717, 1.165) is 50.2 Å². The summed E-state index contributed by atoms with van der Waals surface area (Å²) in [7, 11) is 0. The zero-order valence-corrected chi connectivity index (χ0v) is 13.2. The van der Waals surface area contributed by atoms with Gasteiger partial charge in [0.25, 0.3) is 0 Å². The molecule has 6 heteroatoms. The molecule has 1 aliphatic heterocycles. The van der Waals surface area contributed by atoms with Crippen molar-refractivity contribution in [3.05, 3.63) is 35.7 Å². The number of thiazole rings is 1. The van der Waals surface area contributed by atoms with Crippen LogP contribution in [0.3, 0.4) is 0 Å². The Bertz CT molecular complexity index is 506. The third-order valence-electron chi connectivity index (χ3n) is 3.91. The van der Waals surface area contributed by atoms with Crippen LogP contribution in [0.4, 0.5) is 5.13 Å². The molecule has 3 heterocycles. The van der Waals surface area contributed by atoms with Crippen molar-refractivity contribution in [3.8, 4) is 0 Å². The molecule has 1 aliphatic rings. The molecular formula is C15H22N4OS. The Balaban J connectivity index is 1.36. The van der Waals surface area contributed by atoms with Gasteiger partial charge in [0.1, 0.15) is 5.76 Å². The molecule has 0 bridgehead atoms. The van der Waals surface area contributed by atoms with Gasteiger partial charge in [-0.2, -0.15) is 0 Å². The van der Waals surface area contributed by atoms with E-state index < -0.39 is 0 Å². The first-order valence-corrected chi connectivity index (χ1v) is 8.34. The summed E-state index contributed by atoms with van der Waals surface area (Å²) >= 11 is 1.72. The van der Waals surface area contributed by atoms with Gasteiger partial charge in [-0.3, -0.25) is 4.90 Å². The zero-order valence-electron chi connectivity index (χ0n) is 12.4. The highest BCUT2D eigenvalue weighted by Crippen LogP contribution is 2.18. The van der Waals surface area contributed by atoms with Gasteiger partial charge < -0.3 is 14.6 Å². The SMILES string of the molecule is CC(NCCN1CCN(c2nccs2)CC1)c1ccco1. The number of hydrogen-bond donors (Lipinski definition) is 1. The van der Waals surface area contributed by atoms with Crippen LogP contribution in [0.5, 0.6) is 0 Å². The molecule has 0 aliphatic carbocycles. The van der Waals surface area contributed by atoms with Crippen molar-refractivity contribution in [1.82, 2.24) is 15.2 Å². The number of nitrogens with zero attached hydrogens (tertiary/aromatic N) is 3. The Labute approximate surface area is 129 Å². The van der Waals surface area contributed by atoms with Crippen LogP contribution in [0.2, 0.25) is 0 Å². The number of furan rings is 1. The third-order valence-corrected chi connectivity index (χ3v) is 4.74. The summed E-state index contributed by atoms with van der Waals surface area (Å²) in [6.07, 6.45) is 3.61. The average Bonchev–Trinajstić information content (AvgIpc) is 3.21. The van der Waals surface area contributed by atoms with E-state index in [9.17, 15) is 0 Å². The Hall–Kier alpha value is -1.37. The first-order chi connectivity index (χ1) is 10.3. The molecule has 0 spiro atoms. The van der Waals surface area contributed by atoms with Crippen LogP contribution in [0.1, 0.15) is 18.7 Å². The van der Waals surface area contributed by atoms with E-state index in [1.54, 1.807) is 17.6 Å². The first-order valence-electron chi connectivity index (χ1n) is 7.46. The number of rotatable bonds is 6. The molecule has 21 heavy (non-hydrogen) atoms. The highest BCUT2D eigenvalue weighted by Gasteiger charge is 2.18. The zero-order chi connectivity index (χ0) is 14.5. The molecule has 1 fully saturated rings. The van der Waals surface area contributed by atoms with Crippen molar-refractivity contribution < 1.29 is 4.42 Å². The summed E-state index contributed by atoms with van der Waals surface area (Å²) in [6, 6.07) is 4.23. The summed E-state index contributed by atoms with van der Waals surface area (Å²) in [4.78, 5) is 9.26. The second kappa shape index (κ2) is 7.06. The highest BCUT2D eigenvalue weighted by atomic mass is 32.1. The summed E-state index contributed by atoms with van der Waals surface area (Å²) in [6.45, 7) is 8.56. The normalized spacial score (nSPS) is 18.0. The summed E-state index contributed by atoms with van der Waals surface area (Å²) in [5.41, 5.74) is 0. The molecule has 0 saturated carbocycles. The largest absolute Gasteiger partial charge is 0.468 e. The third kappa shape index (κ3) is 3.84. The van der Waals surface area contributed by atoms with Gasteiger partial charge in [-0.1, -0.05) is 0 Å². The maximum absolute atomic E-state index is 5.40. The van der Waals surface area contributed by atoms with Gasteiger partial charge in [0, 0.05) is 50.8 Å². The monoisotopic (exact) mass is 306 g/mol. The summed E-state index contributed by atoms with van der Waals surface area (Å²) < 4.78 is 5.40. The van der Waals surface area contributed by atoms with Crippen molar-refractivity contribution in [3.63, 3.8) is 0 Å². The number of aromatic nitrogens is 1. The molecule has 0 amide bonds. The van der Waals surface area contributed by atoms with E-state index in [1.165, 1.54) is 0 Å². The molecule has 1 saturated heterocycles. The van der Waals surface area contributed by atoms with Gasteiger partial charge in [-0.15, -0.1) is 11.3 Å². The second-order valence-corrected chi connectivity index (χ2v) is 6.21. The van der Waals surface area contributed by atoms with Crippen LogP contribution >= 0.6 is 11.3 Å². The Morgan fingerprint density at radius 3 is 2.90 bits per heavy atom. The molecule has 1 unspecified atom stereocenters. The first kappa shape index (κ1) is 14.6. The molecule has 0 aromatic carbocycles. The lowest BCUT2D eigenvalue weighted by Crippen LogP contribution is -2.48. The van der Waals surface area contributed by atoms with Gasteiger partial charge >= 0.3 is 0 Å². The van der Waals surface area contributed by atoms with E-state index in [0.29, 0.717) is 0 Å². The second-order valence-electron chi connectivity index (χ2n) is 5.33. The lowest BCUT2D eigenvalue weighted by atomic mass is 10.2. The number of anilines is 1. The van der Waals surface area contributed by atoms with Gasteiger partial charge in [-0.05, 0) is 19.1 Å². The quantitative estimate of drug-likeness (QED) is 0.886. The summed E-state index contributed by atoms with van der Waals surface area (Å²) in [5, 5.41) is 6.71. The standard InChI is InChI=1S/C15H22N4OS/c1-13(14-3-2-11-20-14)16-4-6-18-7-9-19(10-8-18)15-17-5-12-21-15/h2-3,5,11-13,16H,4,6-10H2,1H3. The lowest BCUT2D eigenvalue weighted by molar-refractivity contribution is 0.252. The number of nitrogens with one attached hydrogen (secondary N) is 1. The van der Waals surface area contributed by atoms with Crippen molar-refractivity contribution in [2.45, 2.75) is 13.0 Å². The minimum atomic E-state index is 0.275. The molecule has 2 aromatic rings. The van der Waals surface area contributed by atoms with Gasteiger partial charge in [0.15, 0.2) is 5.13 Å². The van der Waals surface area contributed by atoms with E-state index >= 15 is 0 Å². The number of piperazine rings is 1. The maximum atomic E-state index is 5.40. The Kier molecular flexibility index (Phi) is 4.90. The maximum Gasteiger partial charge on any atom is 0.185 e. The van der Waals surface area contributed by atoms with Crippen LogP contribution in [0.15, 0.2) is 34.4 Å². The van der Waals surface area contributed by atoms with E-state index in [2.05, 4.69) is 27.0 Å². The fraction of sp³-hybridized carbons (Fsp3) is 0.533. The molecule has 2 aromatic heterocycles.